The van der Waals surface area contributed by atoms with E-state index in [9.17, 15) is 14.7 Å². The average molecular weight is 353 g/mol. The molecule has 2 amide bonds. The molecule has 0 fully saturated rings. The average Bonchev–Trinajstić information content (AvgIpc) is 2.64. The molecule has 0 aromatic heterocycles. The Labute approximate surface area is 151 Å². The van der Waals surface area contributed by atoms with Crippen LogP contribution in [0.2, 0.25) is 0 Å². The second-order valence-electron chi connectivity index (χ2n) is 5.56. The number of hydroxylamine groups is 1. The number of carbonyl (C=O) groups excluding carboxylic acids is 2. The van der Waals surface area contributed by atoms with Gasteiger partial charge in [0.2, 0.25) is 0 Å². The summed E-state index contributed by atoms with van der Waals surface area (Å²) < 4.78 is 0. The lowest BCUT2D eigenvalue weighted by Gasteiger charge is -2.27. The molecule has 2 aromatic rings. The summed E-state index contributed by atoms with van der Waals surface area (Å²) in [5.41, 5.74) is 8.48. The van der Waals surface area contributed by atoms with Crippen molar-refractivity contribution in [3.63, 3.8) is 0 Å². The molecule has 0 aliphatic rings. The molecule has 2 aromatic carbocycles. The van der Waals surface area contributed by atoms with Gasteiger partial charge in [-0.25, -0.2) is 5.48 Å². The van der Waals surface area contributed by atoms with Crippen LogP contribution in [0.3, 0.4) is 0 Å². The van der Waals surface area contributed by atoms with E-state index in [-0.39, 0.29) is 5.56 Å². The molecule has 0 saturated carbocycles. The molecule has 0 aliphatic carbocycles. The van der Waals surface area contributed by atoms with Crippen molar-refractivity contribution in [1.82, 2.24) is 10.4 Å². The maximum atomic E-state index is 12.8. The van der Waals surface area contributed by atoms with Gasteiger partial charge in [-0.15, -0.1) is 0 Å². The monoisotopic (exact) mass is 353 g/mol. The van der Waals surface area contributed by atoms with Crippen LogP contribution < -0.4 is 11.2 Å². The molecular weight excluding hydrogens is 334 g/mol. The standard InChI is InChI=1S/C19H19N3O4/c1-13(23)17(18(24)21-26)22(19(25)15-7-3-2-4-8-15)11-10-14-6-5-9-16(20)12-14/h2-9,12-13,17,23,26H,20H2,1H3,(H,21,24). The Kier molecular flexibility index (Phi) is 6.33. The predicted octanol–water partition coefficient (Wildman–Crippen LogP) is 0.975. The number of nitrogens with one attached hydrogen (secondary N) is 1. The lowest BCUT2D eigenvalue weighted by Crippen LogP contribution is -2.52. The molecule has 0 aliphatic heterocycles. The number of amides is 2. The van der Waals surface area contributed by atoms with Crippen molar-refractivity contribution < 1.29 is 19.9 Å². The third-order valence-electron chi connectivity index (χ3n) is 3.56. The van der Waals surface area contributed by atoms with E-state index in [0.717, 1.165) is 4.90 Å². The summed E-state index contributed by atoms with van der Waals surface area (Å²) in [6, 6.07) is 16.1. The Bertz CT molecular complexity index is 841. The van der Waals surface area contributed by atoms with Gasteiger partial charge in [-0.2, -0.15) is 0 Å². The number of carbonyl (C=O) groups is 2. The lowest BCUT2D eigenvalue weighted by atomic mass is 10.1. The first kappa shape index (κ1) is 19.0. The minimum Gasteiger partial charge on any atom is -0.399 e. The molecule has 0 saturated heterocycles. The van der Waals surface area contributed by atoms with E-state index in [2.05, 4.69) is 12.0 Å². The second-order valence-corrected chi connectivity index (χ2v) is 5.56. The molecule has 0 spiro atoms. The van der Waals surface area contributed by atoms with E-state index in [4.69, 9.17) is 10.9 Å². The topological polar surface area (TPSA) is 116 Å². The predicted molar refractivity (Wildman–Crippen MR) is 95.7 cm³/mol. The first-order chi connectivity index (χ1) is 12.4. The van der Waals surface area contributed by atoms with Crippen molar-refractivity contribution >= 4 is 17.5 Å². The molecule has 7 heteroatoms. The van der Waals surface area contributed by atoms with Crippen molar-refractivity contribution in [1.29, 1.82) is 0 Å². The van der Waals surface area contributed by atoms with Crippen molar-refractivity contribution in [2.75, 3.05) is 5.73 Å². The molecule has 7 nitrogen and oxygen atoms in total. The van der Waals surface area contributed by atoms with Crippen molar-refractivity contribution in [2.24, 2.45) is 0 Å². The summed E-state index contributed by atoms with van der Waals surface area (Å²) in [4.78, 5) is 25.7. The molecule has 0 heterocycles. The number of nitrogens with zero attached hydrogens (tertiary/aromatic N) is 1. The minimum atomic E-state index is -1.40. The Morgan fingerprint density at radius 2 is 1.85 bits per heavy atom. The molecule has 5 N–H and O–H groups in total. The number of rotatable bonds is 4. The first-order valence-corrected chi connectivity index (χ1v) is 7.82. The van der Waals surface area contributed by atoms with E-state index in [1.165, 1.54) is 12.4 Å². The normalized spacial score (nSPS) is 12.3. The number of aliphatic hydroxyl groups excluding tert-OH is 1. The van der Waals surface area contributed by atoms with Crippen LogP contribution in [0.4, 0.5) is 5.69 Å². The van der Waals surface area contributed by atoms with Gasteiger partial charge in [-0.1, -0.05) is 24.3 Å². The summed E-state index contributed by atoms with van der Waals surface area (Å²) in [6.45, 7) is 1.33. The number of nitrogen functional groups attached to an aromatic ring is 1. The molecule has 134 valence electrons. The highest BCUT2D eigenvalue weighted by atomic mass is 16.5. The van der Waals surface area contributed by atoms with Crippen LogP contribution >= 0.6 is 0 Å². The van der Waals surface area contributed by atoms with E-state index >= 15 is 0 Å². The highest BCUT2D eigenvalue weighted by Crippen LogP contribution is 2.12. The fourth-order valence-electron chi connectivity index (χ4n) is 2.33. The molecule has 2 unspecified atom stereocenters. The van der Waals surface area contributed by atoms with Crippen LogP contribution in [0, 0.1) is 12.0 Å². The molecule has 0 bridgehead atoms. The molecule has 0 radical (unpaired) electrons. The zero-order chi connectivity index (χ0) is 19.1. The number of aliphatic hydroxyl groups is 1. The minimum absolute atomic E-state index is 0.283. The van der Waals surface area contributed by atoms with Gasteiger partial charge in [0.1, 0.15) is 0 Å². The van der Waals surface area contributed by atoms with Gasteiger partial charge in [0, 0.05) is 22.9 Å². The third kappa shape index (κ3) is 4.60. The zero-order valence-electron chi connectivity index (χ0n) is 14.1. The van der Waals surface area contributed by atoms with Crippen molar-refractivity contribution in [3.05, 3.63) is 65.7 Å². The zero-order valence-corrected chi connectivity index (χ0v) is 14.1. The Hall–Kier alpha value is -3.34. The van der Waals surface area contributed by atoms with E-state index in [1.54, 1.807) is 54.6 Å². The smallest absolute Gasteiger partial charge is 0.269 e. The van der Waals surface area contributed by atoms with Gasteiger partial charge in [-0.3, -0.25) is 19.7 Å². The number of hydrogen-bond donors (Lipinski definition) is 4. The van der Waals surface area contributed by atoms with E-state index in [0.29, 0.717) is 11.3 Å². The van der Waals surface area contributed by atoms with Gasteiger partial charge in [-0.05, 0) is 43.2 Å². The Morgan fingerprint density at radius 3 is 2.42 bits per heavy atom. The quantitative estimate of drug-likeness (QED) is 0.215. The highest BCUT2D eigenvalue weighted by molar-refractivity contribution is 5.98. The van der Waals surface area contributed by atoms with Crippen LogP contribution in [0.15, 0.2) is 54.6 Å². The van der Waals surface area contributed by atoms with Gasteiger partial charge < -0.3 is 10.8 Å². The number of benzene rings is 2. The highest BCUT2D eigenvalue weighted by Gasteiger charge is 2.33. The summed E-state index contributed by atoms with van der Waals surface area (Å²) in [5.74, 6) is 1.21. The number of nitrogens with two attached hydrogens (primary N) is 1. The lowest BCUT2D eigenvalue weighted by molar-refractivity contribution is -0.136. The van der Waals surface area contributed by atoms with Gasteiger partial charge >= 0.3 is 0 Å². The largest absolute Gasteiger partial charge is 0.399 e. The summed E-state index contributed by atoms with van der Waals surface area (Å²) in [7, 11) is 0. The Morgan fingerprint density at radius 1 is 1.15 bits per heavy atom. The molecule has 26 heavy (non-hydrogen) atoms. The molecule has 2 rings (SSSR count). The number of anilines is 1. The first-order valence-electron chi connectivity index (χ1n) is 7.82. The second kappa shape index (κ2) is 8.67. The van der Waals surface area contributed by atoms with E-state index in [1.807, 2.05) is 0 Å². The summed E-state index contributed by atoms with van der Waals surface area (Å²) >= 11 is 0. The SMILES string of the molecule is CC(O)C(C(=O)NO)N(C#Cc1cccc(N)c1)C(=O)c1ccccc1. The van der Waals surface area contributed by atoms with Gasteiger partial charge in [0.15, 0.2) is 6.04 Å². The molecule has 2 atom stereocenters. The molecular formula is C19H19N3O4. The van der Waals surface area contributed by atoms with Crippen LogP contribution in [0.25, 0.3) is 0 Å². The van der Waals surface area contributed by atoms with Crippen LogP contribution in [-0.2, 0) is 4.79 Å². The van der Waals surface area contributed by atoms with Crippen LogP contribution in [-0.4, -0.2) is 39.2 Å². The van der Waals surface area contributed by atoms with Gasteiger partial charge in [0.05, 0.1) is 6.10 Å². The van der Waals surface area contributed by atoms with Crippen molar-refractivity contribution in [3.8, 4) is 12.0 Å². The maximum absolute atomic E-state index is 12.8. The summed E-state index contributed by atoms with van der Waals surface area (Å²) in [6.07, 6.45) is -1.27. The van der Waals surface area contributed by atoms with Gasteiger partial charge in [0.25, 0.3) is 11.8 Å². The fraction of sp³-hybridized carbons (Fsp3) is 0.158. The van der Waals surface area contributed by atoms with Crippen molar-refractivity contribution in [2.45, 2.75) is 19.1 Å². The van der Waals surface area contributed by atoms with Crippen LogP contribution in [0.5, 0.6) is 0 Å². The third-order valence-corrected chi connectivity index (χ3v) is 3.56. The van der Waals surface area contributed by atoms with E-state index < -0.39 is 24.0 Å². The fourth-order valence-corrected chi connectivity index (χ4v) is 2.33. The Balaban J connectivity index is 2.48. The number of hydrogen-bond acceptors (Lipinski definition) is 5. The van der Waals surface area contributed by atoms with Crippen LogP contribution in [0.1, 0.15) is 22.8 Å². The summed E-state index contributed by atoms with van der Waals surface area (Å²) in [5, 5.41) is 18.9. The maximum Gasteiger partial charge on any atom is 0.269 e.